The van der Waals surface area contributed by atoms with Crippen molar-refractivity contribution < 1.29 is 9.53 Å². The molecule has 37 heavy (non-hydrogen) atoms. The van der Waals surface area contributed by atoms with E-state index >= 15 is 0 Å². The van der Waals surface area contributed by atoms with E-state index < -0.39 is 0 Å². The highest BCUT2D eigenvalue weighted by Gasteiger charge is 2.26. The van der Waals surface area contributed by atoms with Gasteiger partial charge in [0.1, 0.15) is 18.8 Å². The van der Waals surface area contributed by atoms with E-state index in [2.05, 4.69) is 51.7 Å². The van der Waals surface area contributed by atoms with Crippen molar-refractivity contribution in [3.63, 3.8) is 0 Å². The standard InChI is InChI=1S/C29H29N5O2S/c1-33(2)16-6-9-26(35)34-17-18-36-28-25(34)15-14-24-27(28)29(31-20-30-24)32-22-10-12-23(13-11-22)37-19-21-7-4-3-5-8-21/h3-15,20H,16-19H2,1-2H3,(H,30,31,32)/b9-6+. The molecule has 4 aromatic rings. The van der Waals surface area contributed by atoms with Gasteiger partial charge in [0, 0.05) is 29.0 Å². The van der Waals surface area contributed by atoms with Gasteiger partial charge < -0.3 is 19.9 Å². The summed E-state index contributed by atoms with van der Waals surface area (Å²) < 4.78 is 6.08. The lowest BCUT2D eigenvalue weighted by atomic mass is 10.1. The fraction of sp³-hybridized carbons (Fsp3) is 0.207. The number of carbonyl (C=O) groups excluding carboxylic acids is 1. The van der Waals surface area contributed by atoms with Crippen molar-refractivity contribution in [3.8, 4) is 5.75 Å². The topological polar surface area (TPSA) is 70.6 Å². The molecule has 0 saturated carbocycles. The molecule has 0 bridgehead atoms. The number of ether oxygens (including phenoxy) is 1. The van der Waals surface area contributed by atoms with Gasteiger partial charge in [0.05, 0.1) is 23.1 Å². The number of hydrogen-bond acceptors (Lipinski definition) is 7. The lowest BCUT2D eigenvalue weighted by molar-refractivity contribution is -0.114. The van der Waals surface area contributed by atoms with E-state index in [0.717, 1.165) is 28.0 Å². The molecule has 1 amide bonds. The number of anilines is 3. The van der Waals surface area contributed by atoms with Crippen molar-refractivity contribution in [2.24, 2.45) is 0 Å². The molecule has 8 heteroatoms. The van der Waals surface area contributed by atoms with Crippen molar-refractivity contribution in [2.75, 3.05) is 44.0 Å². The molecule has 1 aliphatic rings. The maximum absolute atomic E-state index is 12.9. The Morgan fingerprint density at radius 3 is 2.68 bits per heavy atom. The number of nitrogens with one attached hydrogen (secondary N) is 1. The molecular weight excluding hydrogens is 482 g/mol. The molecule has 0 atom stereocenters. The minimum atomic E-state index is -0.0688. The molecule has 0 aliphatic carbocycles. The molecule has 3 aromatic carbocycles. The van der Waals surface area contributed by atoms with E-state index in [1.165, 1.54) is 16.8 Å². The molecule has 2 heterocycles. The summed E-state index contributed by atoms with van der Waals surface area (Å²) in [7, 11) is 3.94. The summed E-state index contributed by atoms with van der Waals surface area (Å²) in [6, 6.07) is 22.5. The van der Waals surface area contributed by atoms with Crippen LogP contribution in [0.3, 0.4) is 0 Å². The molecule has 1 aromatic heterocycles. The Morgan fingerprint density at radius 1 is 1.08 bits per heavy atom. The van der Waals surface area contributed by atoms with Crippen LogP contribution in [0.1, 0.15) is 5.56 Å². The molecule has 0 unspecified atom stereocenters. The first-order chi connectivity index (χ1) is 18.1. The summed E-state index contributed by atoms with van der Waals surface area (Å²) in [6.07, 6.45) is 5.03. The van der Waals surface area contributed by atoms with Crippen LogP contribution in [0.4, 0.5) is 17.2 Å². The molecule has 5 rings (SSSR count). The molecule has 7 nitrogen and oxygen atoms in total. The monoisotopic (exact) mass is 511 g/mol. The Bertz CT molecular complexity index is 1410. The molecule has 1 N–H and O–H groups in total. The normalized spacial score (nSPS) is 13.1. The average Bonchev–Trinajstić information content (AvgIpc) is 2.92. The number of benzene rings is 3. The smallest absolute Gasteiger partial charge is 0.250 e. The summed E-state index contributed by atoms with van der Waals surface area (Å²) in [5.74, 6) is 2.12. The van der Waals surface area contributed by atoms with Crippen molar-refractivity contribution in [2.45, 2.75) is 10.6 Å². The Labute approximate surface area is 221 Å². The van der Waals surface area contributed by atoms with Crippen LogP contribution in [-0.4, -0.2) is 54.6 Å². The molecule has 0 fully saturated rings. The van der Waals surface area contributed by atoms with E-state index in [4.69, 9.17) is 4.74 Å². The maximum Gasteiger partial charge on any atom is 0.250 e. The maximum atomic E-state index is 12.9. The Hall–Kier alpha value is -3.88. The van der Waals surface area contributed by atoms with Crippen LogP contribution >= 0.6 is 11.8 Å². The van der Waals surface area contributed by atoms with Gasteiger partial charge in [0.25, 0.3) is 5.91 Å². The summed E-state index contributed by atoms with van der Waals surface area (Å²) in [5, 5.41) is 4.19. The van der Waals surface area contributed by atoms with E-state index in [0.29, 0.717) is 31.3 Å². The zero-order valence-corrected chi connectivity index (χ0v) is 21.7. The number of likely N-dealkylation sites (N-methyl/N-ethyl adjacent to an activating group) is 1. The SMILES string of the molecule is CN(C)C/C=C/C(=O)N1CCOc2c1ccc1ncnc(Nc3ccc(SCc4ccccc4)cc3)c21. The number of nitrogens with zero attached hydrogens (tertiary/aromatic N) is 4. The highest BCUT2D eigenvalue weighted by Crippen LogP contribution is 2.41. The fourth-order valence-electron chi connectivity index (χ4n) is 4.12. The third-order valence-electron chi connectivity index (χ3n) is 5.95. The van der Waals surface area contributed by atoms with Crippen LogP contribution in [0, 0.1) is 0 Å². The first-order valence-electron chi connectivity index (χ1n) is 12.2. The van der Waals surface area contributed by atoms with Crippen molar-refractivity contribution in [1.82, 2.24) is 14.9 Å². The van der Waals surface area contributed by atoms with Crippen LogP contribution in [0.5, 0.6) is 5.75 Å². The quantitative estimate of drug-likeness (QED) is 0.247. The lowest BCUT2D eigenvalue weighted by Gasteiger charge is -2.30. The highest BCUT2D eigenvalue weighted by molar-refractivity contribution is 7.98. The fourth-order valence-corrected chi connectivity index (χ4v) is 4.97. The number of fused-ring (bicyclic) bond motifs is 3. The zero-order chi connectivity index (χ0) is 25.6. The summed E-state index contributed by atoms with van der Waals surface area (Å²) >= 11 is 1.80. The number of amides is 1. The molecule has 0 spiro atoms. The van der Waals surface area contributed by atoms with Gasteiger partial charge in [-0.1, -0.05) is 36.4 Å². The zero-order valence-electron chi connectivity index (χ0n) is 20.9. The first-order valence-corrected chi connectivity index (χ1v) is 13.1. The van der Waals surface area contributed by atoms with Gasteiger partial charge in [0.2, 0.25) is 0 Å². The van der Waals surface area contributed by atoms with Crippen LogP contribution in [0.15, 0.2) is 90.1 Å². The van der Waals surface area contributed by atoms with Crippen LogP contribution in [0.25, 0.3) is 10.9 Å². The Kier molecular flexibility index (Phi) is 7.67. The number of carbonyl (C=O) groups is 1. The van der Waals surface area contributed by atoms with Gasteiger partial charge in [-0.3, -0.25) is 4.79 Å². The molecule has 0 radical (unpaired) electrons. The largest absolute Gasteiger partial charge is 0.489 e. The first kappa shape index (κ1) is 24.8. The minimum absolute atomic E-state index is 0.0688. The van der Waals surface area contributed by atoms with Crippen LogP contribution < -0.4 is 15.0 Å². The van der Waals surface area contributed by atoms with Crippen LogP contribution in [-0.2, 0) is 10.5 Å². The molecule has 188 valence electrons. The average molecular weight is 512 g/mol. The number of aromatic nitrogens is 2. The summed E-state index contributed by atoms with van der Waals surface area (Å²) in [5.41, 5.74) is 3.69. The highest BCUT2D eigenvalue weighted by atomic mass is 32.2. The Morgan fingerprint density at radius 2 is 1.89 bits per heavy atom. The van der Waals surface area contributed by atoms with Gasteiger partial charge >= 0.3 is 0 Å². The van der Waals surface area contributed by atoms with Gasteiger partial charge in [-0.25, -0.2) is 9.97 Å². The predicted octanol–water partition coefficient (Wildman–Crippen LogP) is 5.51. The minimum Gasteiger partial charge on any atom is -0.489 e. The van der Waals surface area contributed by atoms with Crippen LogP contribution in [0.2, 0.25) is 0 Å². The van der Waals surface area contributed by atoms with Gasteiger partial charge in [-0.05, 0) is 56.1 Å². The third kappa shape index (κ3) is 5.93. The van der Waals surface area contributed by atoms with E-state index in [-0.39, 0.29) is 5.91 Å². The molecular formula is C29H29N5O2S. The van der Waals surface area contributed by atoms with Gasteiger partial charge in [-0.15, -0.1) is 11.8 Å². The van der Waals surface area contributed by atoms with E-state index in [1.807, 2.05) is 55.4 Å². The molecule has 1 aliphatic heterocycles. The van der Waals surface area contributed by atoms with Crippen molar-refractivity contribution >= 4 is 45.8 Å². The second-order valence-corrected chi connectivity index (χ2v) is 10.0. The van der Waals surface area contributed by atoms with Crippen molar-refractivity contribution in [3.05, 3.63) is 90.8 Å². The second-order valence-electron chi connectivity index (χ2n) is 8.96. The summed E-state index contributed by atoms with van der Waals surface area (Å²) in [4.78, 5) is 26.9. The Balaban J connectivity index is 1.37. The number of rotatable bonds is 8. The second kappa shape index (κ2) is 11.5. The lowest BCUT2D eigenvalue weighted by Crippen LogP contribution is -2.37. The third-order valence-corrected chi connectivity index (χ3v) is 7.03. The predicted molar refractivity (Wildman–Crippen MR) is 151 cm³/mol. The number of thioether (sulfide) groups is 1. The summed E-state index contributed by atoms with van der Waals surface area (Å²) in [6.45, 7) is 1.59. The van der Waals surface area contributed by atoms with Crippen molar-refractivity contribution in [1.29, 1.82) is 0 Å². The van der Waals surface area contributed by atoms with E-state index in [9.17, 15) is 4.79 Å². The van der Waals surface area contributed by atoms with Gasteiger partial charge in [0.15, 0.2) is 5.75 Å². The molecule has 0 saturated heterocycles. The number of hydrogen-bond donors (Lipinski definition) is 1. The van der Waals surface area contributed by atoms with Gasteiger partial charge in [-0.2, -0.15) is 0 Å². The van der Waals surface area contributed by atoms with E-state index in [1.54, 1.807) is 22.7 Å².